The maximum Gasteiger partial charge on any atom is 0.178 e. The van der Waals surface area contributed by atoms with Gasteiger partial charge in [0.25, 0.3) is 0 Å². The van der Waals surface area contributed by atoms with Crippen molar-refractivity contribution < 1.29 is 5.11 Å². The molecule has 1 aliphatic heterocycles. The predicted molar refractivity (Wildman–Crippen MR) is 101 cm³/mol. The molecule has 124 valence electrons. The Morgan fingerprint density at radius 3 is 3.00 bits per heavy atom. The Labute approximate surface area is 144 Å². The van der Waals surface area contributed by atoms with Crippen molar-refractivity contribution >= 4 is 40.4 Å². The molecule has 0 saturated heterocycles. The number of hydrogen-bond acceptors (Lipinski definition) is 7. The van der Waals surface area contributed by atoms with Crippen LogP contribution in [0.25, 0.3) is 16.6 Å². The minimum Gasteiger partial charge on any atom is -0.396 e. The molecule has 1 aromatic heterocycles. The zero-order valence-electron chi connectivity index (χ0n) is 13.1. The van der Waals surface area contributed by atoms with Crippen LogP contribution >= 0.6 is 11.8 Å². The molecular formula is C17H19N5OS. The Morgan fingerprint density at radius 1 is 1.17 bits per heavy atom. The number of aromatic nitrogens is 2. The average Bonchev–Trinajstić information content (AvgIpc) is 2.90. The molecule has 0 fully saturated rings. The van der Waals surface area contributed by atoms with Crippen molar-refractivity contribution in [2.75, 3.05) is 30.0 Å². The minimum absolute atomic E-state index is 0.208. The zero-order valence-corrected chi connectivity index (χ0v) is 14.0. The lowest BCUT2D eigenvalue weighted by Crippen LogP contribution is -2.12. The summed E-state index contributed by atoms with van der Waals surface area (Å²) in [5.41, 5.74) is 1.69. The second kappa shape index (κ2) is 8.47. The van der Waals surface area contributed by atoms with Crippen molar-refractivity contribution in [1.29, 1.82) is 0 Å². The predicted octanol–water partition coefficient (Wildman–Crippen LogP) is 2.25. The summed E-state index contributed by atoms with van der Waals surface area (Å²) in [4.78, 5) is 13.4. The highest BCUT2D eigenvalue weighted by atomic mass is 32.2. The first-order valence-corrected chi connectivity index (χ1v) is 8.88. The van der Waals surface area contributed by atoms with Gasteiger partial charge < -0.3 is 15.7 Å². The maximum absolute atomic E-state index is 8.84. The smallest absolute Gasteiger partial charge is 0.178 e. The van der Waals surface area contributed by atoms with Gasteiger partial charge >= 0.3 is 0 Å². The van der Waals surface area contributed by atoms with E-state index in [-0.39, 0.29) is 6.61 Å². The molecule has 1 aromatic carbocycles. The van der Waals surface area contributed by atoms with Crippen LogP contribution in [0.3, 0.4) is 0 Å². The van der Waals surface area contributed by atoms with Gasteiger partial charge in [-0.3, -0.25) is 4.99 Å². The number of hydrogen-bond donors (Lipinski definition) is 3. The minimum atomic E-state index is 0.208. The highest BCUT2D eigenvalue weighted by molar-refractivity contribution is 7.99. The van der Waals surface area contributed by atoms with Crippen molar-refractivity contribution in [1.82, 2.24) is 15.3 Å². The Balaban J connectivity index is 1.87. The van der Waals surface area contributed by atoms with Crippen LogP contribution in [-0.4, -0.2) is 45.9 Å². The van der Waals surface area contributed by atoms with Gasteiger partial charge in [0, 0.05) is 42.1 Å². The Morgan fingerprint density at radius 2 is 2.08 bits per heavy atom. The van der Waals surface area contributed by atoms with Gasteiger partial charge in [-0.25, -0.2) is 9.97 Å². The molecule has 7 heteroatoms. The number of nitrogens with zero attached hydrogens (tertiary/aromatic N) is 3. The van der Waals surface area contributed by atoms with E-state index in [2.05, 4.69) is 25.6 Å². The van der Waals surface area contributed by atoms with E-state index in [0.717, 1.165) is 40.5 Å². The van der Waals surface area contributed by atoms with E-state index in [9.17, 15) is 0 Å². The SMILES string of the molecule is OCCSCCNc1nc(C2=CC=NC=CN2)nc2ccccc12. The molecule has 0 radical (unpaired) electrons. The summed E-state index contributed by atoms with van der Waals surface area (Å²) in [5, 5.41) is 16.4. The highest BCUT2D eigenvalue weighted by Gasteiger charge is 2.10. The van der Waals surface area contributed by atoms with E-state index in [0.29, 0.717) is 5.82 Å². The van der Waals surface area contributed by atoms with E-state index in [1.165, 1.54) is 0 Å². The van der Waals surface area contributed by atoms with E-state index >= 15 is 0 Å². The summed E-state index contributed by atoms with van der Waals surface area (Å²) >= 11 is 1.71. The van der Waals surface area contributed by atoms with E-state index < -0.39 is 0 Å². The third-order valence-corrected chi connectivity index (χ3v) is 4.31. The Hall–Kier alpha value is -2.38. The molecule has 1 aliphatic rings. The molecule has 0 aliphatic carbocycles. The summed E-state index contributed by atoms with van der Waals surface area (Å²) in [6, 6.07) is 7.94. The second-order valence-corrected chi connectivity index (χ2v) is 6.24. The summed E-state index contributed by atoms with van der Waals surface area (Å²) < 4.78 is 0. The summed E-state index contributed by atoms with van der Waals surface area (Å²) in [5.74, 6) is 3.09. The van der Waals surface area contributed by atoms with Crippen molar-refractivity contribution in [3.63, 3.8) is 0 Å². The number of para-hydroxylation sites is 1. The standard InChI is InChI=1S/C17H19N5OS/c23-10-12-24-11-9-20-16-13-3-1-2-4-14(13)21-17(22-16)15-5-6-18-7-8-19-15/h1-8,19,23H,9-12H2,(H,20,21,22). The molecule has 2 heterocycles. The number of aliphatic imine (C=N–C) groups is 1. The lowest BCUT2D eigenvalue weighted by Gasteiger charge is -2.12. The van der Waals surface area contributed by atoms with Crippen LogP contribution in [-0.2, 0) is 0 Å². The molecule has 0 amide bonds. The Bertz CT molecular complexity index is 788. The monoisotopic (exact) mass is 341 g/mol. The fourth-order valence-electron chi connectivity index (χ4n) is 2.26. The van der Waals surface area contributed by atoms with Gasteiger partial charge in [0.2, 0.25) is 0 Å². The van der Waals surface area contributed by atoms with Gasteiger partial charge in [0.1, 0.15) is 5.82 Å². The molecule has 0 atom stereocenters. The molecule has 6 nitrogen and oxygen atoms in total. The number of aliphatic hydroxyl groups is 1. The van der Waals surface area contributed by atoms with Crippen molar-refractivity contribution in [2.45, 2.75) is 0 Å². The average molecular weight is 341 g/mol. The first-order chi connectivity index (χ1) is 11.9. The maximum atomic E-state index is 8.84. The normalized spacial score (nSPS) is 13.5. The zero-order chi connectivity index (χ0) is 16.6. The molecule has 24 heavy (non-hydrogen) atoms. The summed E-state index contributed by atoms with van der Waals surface area (Å²) in [7, 11) is 0. The fraction of sp³-hybridized carbons (Fsp3) is 0.235. The third-order valence-electron chi connectivity index (χ3n) is 3.35. The fourth-order valence-corrected chi connectivity index (χ4v) is 2.84. The molecule has 0 saturated carbocycles. The molecule has 3 rings (SSSR count). The van der Waals surface area contributed by atoms with Crippen LogP contribution in [0.15, 0.2) is 47.7 Å². The number of nitrogens with one attached hydrogen (secondary N) is 2. The van der Waals surface area contributed by atoms with Gasteiger partial charge in [0.15, 0.2) is 5.82 Å². The molecule has 3 N–H and O–H groups in total. The van der Waals surface area contributed by atoms with Crippen LogP contribution in [0.4, 0.5) is 5.82 Å². The largest absolute Gasteiger partial charge is 0.396 e. The van der Waals surface area contributed by atoms with Crippen LogP contribution in [0.5, 0.6) is 0 Å². The van der Waals surface area contributed by atoms with Gasteiger partial charge in [-0.05, 0) is 18.2 Å². The third kappa shape index (κ3) is 4.12. The van der Waals surface area contributed by atoms with Crippen LogP contribution in [0.2, 0.25) is 0 Å². The molecule has 0 unspecified atom stereocenters. The van der Waals surface area contributed by atoms with E-state index in [4.69, 9.17) is 5.11 Å². The van der Waals surface area contributed by atoms with E-state index in [1.807, 2.05) is 30.3 Å². The summed E-state index contributed by atoms with van der Waals surface area (Å²) in [6.07, 6.45) is 7.00. The van der Waals surface area contributed by atoms with E-state index in [1.54, 1.807) is 30.4 Å². The Kier molecular flexibility index (Phi) is 5.81. The lowest BCUT2D eigenvalue weighted by atomic mass is 10.2. The van der Waals surface area contributed by atoms with Crippen LogP contribution in [0.1, 0.15) is 5.82 Å². The molecule has 2 aromatic rings. The molecule has 0 bridgehead atoms. The van der Waals surface area contributed by atoms with Crippen LogP contribution < -0.4 is 10.6 Å². The second-order valence-electron chi connectivity index (χ2n) is 5.01. The van der Waals surface area contributed by atoms with Crippen molar-refractivity contribution in [3.05, 3.63) is 48.6 Å². The van der Waals surface area contributed by atoms with Gasteiger partial charge in [-0.2, -0.15) is 11.8 Å². The number of aliphatic hydroxyl groups excluding tert-OH is 1. The van der Waals surface area contributed by atoms with Gasteiger partial charge in [0.05, 0.1) is 17.8 Å². The topological polar surface area (TPSA) is 82.4 Å². The van der Waals surface area contributed by atoms with Gasteiger partial charge in [-0.1, -0.05) is 12.1 Å². The first kappa shape index (κ1) is 16.5. The first-order valence-electron chi connectivity index (χ1n) is 7.73. The van der Waals surface area contributed by atoms with Crippen LogP contribution in [0, 0.1) is 0 Å². The number of anilines is 1. The number of allylic oxidation sites excluding steroid dienone is 1. The van der Waals surface area contributed by atoms with Gasteiger partial charge in [-0.15, -0.1) is 0 Å². The number of thioether (sulfide) groups is 1. The highest BCUT2D eigenvalue weighted by Crippen LogP contribution is 2.22. The molecule has 0 spiro atoms. The number of benzene rings is 1. The molecular weight excluding hydrogens is 322 g/mol. The lowest BCUT2D eigenvalue weighted by molar-refractivity contribution is 0.322. The summed E-state index contributed by atoms with van der Waals surface area (Å²) in [6.45, 7) is 0.985. The van der Waals surface area contributed by atoms with Crippen molar-refractivity contribution in [2.24, 2.45) is 4.99 Å². The quantitative estimate of drug-likeness (QED) is 0.670. The number of rotatable bonds is 7. The van der Waals surface area contributed by atoms with Crippen molar-refractivity contribution in [3.8, 4) is 0 Å². The number of fused-ring (bicyclic) bond motifs is 1.